The van der Waals surface area contributed by atoms with Crippen LogP contribution in [0.15, 0.2) is 48.5 Å². The number of halogens is 2. The Hall–Kier alpha value is -1.91. The minimum absolute atomic E-state index is 0.185. The summed E-state index contributed by atoms with van der Waals surface area (Å²) < 4.78 is 13.6. The lowest BCUT2D eigenvalue weighted by Crippen LogP contribution is -2.34. The molecule has 1 aliphatic rings. The van der Waals surface area contributed by atoms with Gasteiger partial charge in [0, 0.05) is 36.1 Å². The normalized spacial score (nSPS) is 17.3. The van der Waals surface area contributed by atoms with Gasteiger partial charge < -0.3 is 10.2 Å². The third-order valence-corrected chi connectivity index (χ3v) is 4.90. The highest BCUT2D eigenvalue weighted by atomic mass is 35.5. The molecule has 0 saturated carbocycles. The molecule has 1 unspecified atom stereocenters. The summed E-state index contributed by atoms with van der Waals surface area (Å²) in [6, 6.07) is 14.6. The van der Waals surface area contributed by atoms with Crippen LogP contribution in [0.4, 0.5) is 4.39 Å². The molecule has 0 aromatic heterocycles. The van der Waals surface area contributed by atoms with Crippen LogP contribution in [0, 0.1) is 5.82 Å². The molecule has 0 aliphatic carbocycles. The summed E-state index contributed by atoms with van der Waals surface area (Å²) in [5.74, 6) is 0.0180. The summed E-state index contributed by atoms with van der Waals surface area (Å²) in [5, 5.41) is 3.98. The number of rotatable bonds is 7. The van der Waals surface area contributed by atoms with Gasteiger partial charge in [-0.05, 0) is 43.1 Å². The Morgan fingerprint density at radius 1 is 1.16 bits per heavy atom. The maximum Gasteiger partial charge on any atom is 0.223 e. The van der Waals surface area contributed by atoms with Crippen molar-refractivity contribution in [3.8, 4) is 0 Å². The van der Waals surface area contributed by atoms with E-state index in [1.54, 1.807) is 12.1 Å². The summed E-state index contributed by atoms with van der Waals surface area (Å²) in [4.78, 5) is 14.1. The van der Waals surface area contributed by atoms with E-state index in [1.807, 2.05) is 35.2 Å². The number of likely N-dealkylation sites (tertiary alicyclic amines) is 1. The molecule has 3 rings (SSSR count). The predicted octanol–water partition coefficient (Wildman–Crippen LogP) is 4.15. The van der Waals surface area contributed by atoms with Crippen molar-refractivity contribution in [3.63, 3.8) is 0 Å². The molecule has 25 heavy (non-hydrogen) atoms. The Morgan fingerprint density at radius 2 is 1.92 bits per heavy atom. The zero-order chi connectivity index (χ0) is 17.6. The maximum absolute atomic E-state index is 13.6. The molecular formula is C20H22ClFN2O. The monoisotopic (exact) mass is 360 g/mol. The number of hydrogen-bond donors (Lipinski definition) is 1. The predicted molar refractivity (Wildman–Crippen MR) is 97.7 cm³/mol. The molecule has 5 heteroatoms. The second kappa shape index (κ2) is 8.45. The minimum atomic E-state index is -0.185. The van der Waals surface area contributed by atoms with Gasteiger partial charge in [0.2, 0.25) is 5.91 Å². The molecule has 132 valence electrons. The fraction of sp³-hybridized carbons (Fsp3) is 0.350. The van der Waals surface area contributed by atoms with Crippen LogP contribution in [0.3, 0.4) is 0 Å². The molecule has 1 atom stereocenters. The highest BCUT2D eigenvalue weighted by molar-refractivity contribution is 6.30. The molecule has 2 aromatic rings. The first-order valence-corrected chi connectivity index (χ1v) is 8.99. The Kier molecular flexibility index (Phi) is 6.05. The lowest BCUT2D eigenvalue weighted by Gasteiger charge is -2.25. The van der Waals surface area contributed by atoms with Crippen molar-refractivity contribution in [2.24, 2.45) is 0 Å². The van der Waals surface area contributed by atoms with Gasteiger partial charge >= 0.3 is 0 Å². The first-order valence-electron chi connectivity index (χ1n) is 8.61. The summed E-state index contributed by atoms with van der Waals surface area (Å²) in [6.07, 6.45) is 2.35. The first kappa shape index (κ1) is 17.9. The van der Waals surface area contributed by atoms with Gasteiger partial charge in [-0.15, -0.1) is 0 Å². The molecule has 0 spiro atoms. The van der Waals surface area contributed by atoms with E-state index in [0.717, 1.165) is 24.9 Å². The van der Waals surface area contributed by atoms with Crippen LogP contribution >= 0.6 is 11.6 Å². The van der Waals surface area contributed by atoms with Gasteiger partial charge in [0.15, 0.2) is 0 Å². The van der Waals surface area contributed by atoms with Gasteiger partial charge in [0.25, 0.3) is 0 Å². The smallest absolute Gasteiger partial charge is 0.223 e. The highest BCUT2D eigenvalue weighted by Crippen LogP contribution is 2.24. The standard InChI is InChI=1S/C20H22ClFN2O/c21-17-7-5-15(6-8-17)14-24-18(9-10-20(24)25)11-12-23-13-16-3-1-2-4-19(16)22/h1-8,18,23H,9-14H2. The number of carbonyl (C=O) groups is 1. The van der Waals surface area contributed by atoms with Gasteiger partial charge in [-0.25, -0.2) is 4.39 Å². The Balaban J connectivity index is 1.50. The van der Waals surface area contributed by atoms with Gasteiger partial charge in [-0.1, -0.05) is 41.9 Å². The van der Waals surface area contributed by atoms with Gasteiger partial charge in [0.1, 0.15) is 5.82 Å². The lowest BCUT2D eigenvalue weighted by atomic mass is 10.1. The Morgan fingerprint density at radius 3 is 2.68 bits per heavy atom. The highest BCUT2D eigenvalue weighted by Gasteiger charge is 2.30. The molecular weight excluding hydrogens is 339 g/mol. The van der Waals surface area contributed by atoms with Crippen LogP contribution in [-0.2, 0) is 17.9 Å². The summed E-state index contributed by atoms with van der Waals surface area (Å²) in [6.45, 7) is 1.88. The average Bonchev–Trinajstić information content (AvgIpc) is 2.95. The molecule has 1 aliphatic heterocycles. The van der Waals surface area contributed by atoms with E-state index in [2.05, 4.69) is 5.32 Å². The van der Waals surface area contributed by atoms with Crippen LogP contribution in [0.25, 0.3) is 0 Å². The van der Waals surface area contributed by atoms with E-state index in [1.165, 1.54) is 6.07 Å². The number of nitrogens with one attached hydrogen (secondary N) is 1. The number of hydrogen-bond acceptors (Lipinski definition) is 2. The summed E-state index contributed by atoms with van der Waals surface area (Å²) in [7, 11) is 0. The Labute approximate surface area is 152 Å². The van der Waals surface area contributed by atoms with E-state index in [9.17, 15) is 9.18 Å². The largest absolute Gasteiger partial charge is 0.335 e. The molecule has 1 N–H and O–H groups in total. The van der Waals surface area contributed by atoms with Crippen LogP contribution in [0.2, 0.25) is 5.02 Å². The fourth-order valence-corrected chi connectivity index (χ4v) is 3.36. The molecule has 0 bridgehead atoms. The van der Waals surface area contributed by atoms with E-state index >= 15 is 0 Å². The van der Waals surface area contributed by atoms with Crippen molar-refractivity contribution >= 4 is 17.5 Å². The third kappa shape index (κ3) is 4.80. The molecule has 1 amide bonds. The van der Waals surface area contributed by atoms with Crippen LogP contribution in [0.5, 0.6) is 0 Å². The number of amides is 1. The van der Waals surface area contributed by atoms with Crippen molar-refractivity contribution in [3.05, 3.63) is 70.5 Å². The van der Waals surface area contributed by atoms with Crippen LogP contribution in [-0.4, -0.2) is 23.4 Å². The zero-order valence-electron chi connectivity index (χ0n) is 14.1. The second-order valence-corrected chi connectivity index (χ2v) is 6.83. The van der Waals surface area contributed by atoms with Gasteiger partial charge in [0.05, 0.1) is 0 Å². The molecule has 0 radical (unpaired) electrons. The van der Waals surface area contributed by atoms with Crippen LogP contribution in [0.1, 0.15) is 30.4 Å². The SMILES string of the molecule is O=C1CCC(CCNCc2ccccc2F)N1Cc1ccc(Cl)cc1. The molecule has 1 fully saturated rings. The van der Waals surface area contributed by atoms with E-state index in [0.29, 0.717) is 30.1 Å². The van der Waals surface area contributed by atoms with E-state index in [4.69, 9.17) is 11.6 Å². The van der Waals surface area contributed by atoms with Crippen molar-refractivity contribution in [1.82, 2.24) is 10.2 Å². The minimum Gasteiger partial charge on any atom is -0.335 e. The second-order valence-electron chi connectivity index (χ2n) is 6.40. The van der Waals surface area contributed by atoms with Gasteiger partial charge in [-0.2, -0.15) is 0 Å². The molecule has 1 saturated heterocycles. The molecule has 1 heterocycles. The van der Waals surface area contributed by atoms with Crippen molar-refractivity contribution in [2.75, 3.05) is 6.54 Å². The number of carbonyl (C=O) groups excluding carboxylic acids is 1. The average molecular weight is 361 g/mol. The third-order valence-electron chi connectivity index (χ3n) is 4.65. The lowest BCUT2D eigenvalue weighted by molar-refractivity contribution is -0.129. The zero-order valence-corrected chi connectivity index (χ0v) is 14.8. The van der Waals surface area contributed by atoms with E-state index in [-0.39, 0.29) is 17.8 Å². The maximum atomic E-state index is 13.6. The number of nitrogens with zero attached hydrogens (tertiary/aromatic N) is 1. The number of benzene rings is 2. The van der Waals surface area contributed by atoms with Crippen LogP contribution < -0.4 is 5.32 Å². The van der Waals surface area contributed by atoms with Crippen molar-refractivity contribution < 1.29 is 9.18 Å². The summed E-state index contributed by atoms with van der Waals surface area (Å²) in [5.41, 5.74) is 1.76. The quantitative estimate of drug-likeness (QED) is 0.752. The molecule has 2 aromatic carbocycles. The molecule has 3 nitrogen and oxygen atoms in total. The van der Waals surface area contributed by atoms with E-state index < -0.39 is 0 Å². The first-order chi connectivity index (χ1) is 12.1. The van der Waals surface area contributed by atoms with Crippen molar-refractivity contribution in [1.29, 1.82) is 0 Å². The summed E-state index contributed by atoms with van der Waals surface area (Å²) >= 11 is 5.92. The van der Waals surface area contributed by atoms with Gasteiger partial charge in [-0.3, -0.25) is 4.79 Å². The topological polar surface area (TPSA) is 32.3 Å². The Bertz CT molecular complexity index is 720. The van der Waals surface area contributed by atoms with Crippen molar-refractivity contribution in [2.45, 2.75) is 38.4 Å². The fourth-order valence-electron chi connectivity index (χ4n) is 3.23.